The summed E-state index contributed by atoms with van der Waals surface area (Å²) in [5.41, 5.74) is 2.71. The number of nitriles is 1. The molecule has 0 spiro atoms. The van der Waals surface area contributed by atoms with E-state index >= 15 is 0 Å². The standard InChI is InChI=1S/C13H19N3S/c1-6-9-10(8-14)12(17-13(3,4)5)16-15-11(9)7-2/h6-7H2,1-5H3. The Balaban J connectivity index is 3.30. The molecule has 0 radical (unpaired) electrons. The lowest BCUT2D eigenvalue weighted by molar-refractivity contribution is 0.778. The maximum Gasteiger partial charge on any atom is 0.137 e. The molecule has 0 aliphatic carbocycles. The smallest absolute Gasteiger partial charge is 0.137 e. The summed E-state index contributed by atoms with van der Waals surface area (Å²) >= 11 is 1.60. The fourth-order valence-electron chi connectivity index (χ4n) is 1.63. The lowest BCUT2D eigenvalue weighted by atomic mass is 10.1. The van der Waals surface area contributed by atoms with E-state index in [4.69, 9.17) is 0 Å². The fourth-order valence-corrected chi connectivity index (χ4v) is 2.56. The minimum Gasteiger partial charge on any atom is -0.192 e. The minimum absolute atomic E-state index is 0.0407. The van der Waals surface area contributed by atoms with E-state index in [-0.39, 0.29) is 4.75 Å². The summed E-state index contributed by atoms with van der Waals surface area (Å²) in [4.78, 5) is 0. The van der Waals surface area contributed by atoms with Crippen molar-refractivity contribution in [2.45, 2.75) is 57.2 Å². The van der Waals surface area contributed by atoms with E-state index in [9.17, 15) is 5.26 Å². The molecular formula is C13H19N3S. The molecule has 0 saturated heterocycles. The van der Waals surface area contributed by atoms with Gasteiger partial charge in [0, 0.05) is 4.75 Å². The van der Waals surface area contributed by atoms with Crippen LogP contribution in [-0.2, 0) is 12.8 Å². The van der Waals surface area contributed by atoms with Crippen LogP contribution in [0.4, 0.5) is 0 Å². The van der Waals surface area contributed by atoms with Gasteiger partial charge in [-0.15, -0.1) is 5.10 Å². The number of rotatable bonds is 3. The molecular weight excluding hydrogens is 230 g/mol. The van der Waals surface area contributed by atoms with Crippen LogP contribution in [0.1, 0.15) is 51.4 Å². The number of thioether (sulfide) groups is 1. The maximum absolute atomic E-state index is 9.32. The third kappa shape index (κ3) is 3.44. The van der Waals surface area contributed by atoms with Crippen molar-refractivity contribution in [3.8, 4) is 6.07 Å². The molecule has 0 fully saturated rings. The Morgan fingerprint density at radius 3 is 2.24 bits per heavy atom. The maximum atomic E-state index is 9.32. The lowest BCUT2D eigenvalue weighted by Gasteiger charge is -2.18. The molecule has 0 saturated carbocycles. The molecule has 0 aliphatic rings. The highest BCUT2D eigenvalue weighted by Crippen LogP contribution is 2.33. The molecule has 1 rings (SSSR count). The van der Waals surface area contributed by atoms with Gasteiger partial charge in [0.15, 0.2) is 0 Å². The molecule has 0 bridgehead atoms. The second-order valence-corrected chi connectivity index (χ2v) is 6.65. The number of aromatic nitrogens is 2. The molecule has 0 amide bonds. The minimum atomic E-state index is 0.0407. The molecule has 3 nitrogen and oxygen atoms in total. The van der Waals surface area contributed by atoms with Crippen molar-refractivity contribution in [2.75, 3.05) is 0 Å². The van der Waals surface area contributed by atoms with Crippen LogP contribution in [0, 0.1) is 11.3 Å². The van der Waals surface area contributed by atoms with Gasteiger partial charge < -0.3 is 0 Å². The van der Waals surface area contributed by atoms with E-state index < -0.39 is 0 Å². The topological polar surface area (TPSA) is 49.6 Å². The van der Waals surface area contributed by atoms with Gasteiger partial charge in [-0.2, -0.15) is 10.4 Å². The second-order valence-electron chi connectivity index (χ2n) is 4.84. The van der Waals surface area contributed by atoms with Crippen LogP contribution < -0.4 is 0 Å². The number of aryl methyl sites for hydroxylation is 1. The molecule has 0 aromatic carbocycles. The summed E-state index contributed by atoms with van der Waals surface area (Å²) < 4.78 is 0.0407. The predicted octanol–water partition coefficient (Wildman–Crippen LogP) is 3.36. The summed E-state index contributed by atoms with van der Waals surface area (Å²) in [6, 6.07) is 2.29. The van der Waals surface area contributed by atoms with Gasteiger partial charge in [-0.25, -0.2) is 0 Å². The molecule has 1 aromatic heterocycles. The van der Waals surface area contributed by atoms with Crippen LogP contribution in [0.5, 0.6) is 0 Å². The lowest BCUT2D eigenvalue weighted by Crippen LogP contribution is -2.11. The van der Waals surface area contributed by atoms with Gasteiger partial charge in [-0.1, -0.05) is 46.4 Å². The molecule has 0 unspecified atom stereocenters. The summed E-state index contributed by atoms with van der Waals surface area (Å²) in [6.07, 6.45) is 1.66. The first-order valence-corrected chi connectivity index (χ1v) is 6.72. The first kappa shape index (κ1) is 14.0. The zero-order chi connectivity index (χ0) is 13.1. The quantitative estimate of drug-likeness (QED) is 0.771. The van der Waals surface area contributed by atoms with Crippen LogP contribution in [0.25, 0.3) is 0 Å². The second kappa shape index (κ2) is 5.50. The van der Waals surface area contributed by atoms with Crippen LogP contribution in [0.3, 0.4) is 0 Å². The number of hydrogen-bond acceptors (Lipinski definition) is 4. The molecule has 1 heterocycles. The highest BCUT2D eigenvalue weighted by molar-refractivity contribution is 8.00. The van der Waals surface area contributed by atoms with Crippen molar-refractivity contribution in [1.29, 1.82) is 5.26 Å². The van der Waals surface area contributed by atoms with Gasteiger partial charge in [-0.3, -0.25) is 0 Å². The monoisotopic (exact) mass is 249 g/mol. The van der Waals surface area contributed by atoms with E-state index in [1.54, 1.807) is 11.8 Å². The first-order valence-electron chi connectivity index (χ1n) is 5.90. The van der Waals surface area contributed by atoms with Crippen LogP contribution >= 0.6 is 11.8 Å². The third-order valence-electron chi connectivity index (χ3n) is 2.33. The molecule has 92 valence electrons. The molecule has 0 N–H and O–H groups in total. The Bertz CT molecular complexity index is 441. The Kier molecular flexibility index (Phi) is 4.53. The van der Waals surface area contributed by atoms with Crippen molar-refractivity contribution >= 4 is 11.8 Å². The fraction of sp³-hybridized carbons (Fsp3) is 0.615. The predicted molar refractivity (Wildman–Crippen MR) is 71.1 cm³/mol. The largest absolute Gasteiger partial charge is 0.192 e. The third-order valence-corrected chi connectivity index (χ3v) is 3.42. The molecule has 4 heteroatoms. The SMILES string of the molecule is CCc1nnc(SC(C)(C)C)c(C#N)c1CC. The normalized spacial score (nSPS) is 11.3. The average molecular weight is 249 g/mol. The zero-order valence-corrected chi connectivity index (χ0v) is 12.0. The van der Waals surface area contributed by atoms with E-state index in [0.29, 0.717) is 5.56 Å². The van der Waals surface area contributed by atoms with Gasteiger partial charge in [0.2, 0.25) is 0 Å². The zero-order valence-electron chi connectivity index (χ0n) is 11.2. The van der Waals surface area contributed by atoms with Crippen molar-refractivity contribution < 1.29 is 0 Å². The summed E-state index contributed by atoms with van der Waals surface area (Å²) in [6.45, 7) is 10.4. The molecule has 17 heavy (non-hydrogen) atoms. The summed E-state index contributed by atoms with van der Waals surface area (Å²) in [7, 11) is 0. The highest BCUT2D eigenvalue weighted by Gasteiger charge is 2.20. The van der Waals surface area contributed by atoms with Crippen molar-refractivity contribution in [1.82, 2.24) is 10.2 Å². The average Bonchev–Trinajstić information content (AvgIpc) is 2.26. The van der Waals surface area contributed by atoms with Gasteiger partial charge in [0.1, 0.15) is 11.1 Å². The van der Waals surface area contributed by atoms with E-state index in [0.717, 1.165) is 29.1 Å². The summed E-state index contributed by atoms with van der Waals surface area (Å²) in [5.74, 6) is 0. The van der Waals surface area contributed by atoms with E-state index in [1.165, 1.54) is 0 Å². The molecule has 1 aromatic rings. The van der Waals surface area contributed by atoms with Gasteiger partial charge in [-0.05, 0) is 18.4 Å². The Labute approximate surface area is 108 Å². The van der Waals surface area contributed by atoms with Crippen LogP contribution in [-0.4, -0.2) is 14.9 Å². The molecule has 0 atom stereocenters. The number of hydrogen-bond donors (Lipinski definition) is 0. The van der Waals surface area contributed by atoms with E-state index in [2.05, 4.69) is 44.0 Å². The Hall–Kier alpha value is -1.08. The first-order chi connectivity index (χ1) is 7.92. The van der Waals surface area contributed by atoms with Crippen molar-refractivity contribution in [3.63, 3.8) is 0 Å². The van der Waals surface area contributed by atoms with Crippen LogP contribution in [0.2, 0.25) is 0 Å². The van der Waals surface area contributed by atoms with Crippen molar-refractivity contribution in [3.05, 3.63) is 16.8 Å². The van der Waals surface area contributed by atoms with Crippen molar-refractivity contribution in [2.24, 2.45) is 0 Å². The van der Waals surface area contributed by atoms with E-state index in [1.807, 2.05) is 6.92 Å². The molecule has 0 aliphatic heterocycles. The number of nitrogens with zero attached hydrogens (tertiary/aromatic N) is 3. The van der Waals surface area contributed by atoms with Gasteiger partial charge >= 0.3 is 0 Å². The highest BCUT2D eigenvalue weighted by atomic mass is 32.2. The van der Waals surface area contributed by atoms with Gasteiger partial charge in [0.05, 0.1) is 11.3 Å². The van der Waals surface area contributed by atoms with Gasteiger partial charge in [0.25, 0.3) is 0 Å². The Morgan fingerprint density at radius 1 is 1.18 bits per heavy atom. The summed E-state index contributed by atoms with van der Waals surface area (Å²) in [5, 5.41) is 18.5. The van der Waals surface area contributed by atoms with Crippen LogP contribution in [0.15, 0.2) is 5.03 Å². The Morgan fingerprint density at radius 2 is 1.82 bits per heavy atom.